The molecule has 0 unspecified atom stereocenters. The van der Waals surface area contributed by atoms with Gasteiger partial charge in [-0.15, -0.1) is 0 Å². The van der Waals surface area contributed by atoms with Crippen LogP contribution in [0.3, 0.4) is 0 Å². The zero-order valence-electron chi connectivity index (χ0n) is 12.7. The van der Waals surface area contributed by atoms with Crippen LogP contribution in [0.15, 0.2) is 22.7 Å². The van der Waals surface area contributed by atoms with Gasteiger partial charge in [0.1, 0.15) is 0 Å². The van der Waals surface area contributed by atoms with E-state index in [0.717, 1.165) is 24.1 Å². The summed E-state index contributed by atoms with van der Waals surface area (Å²) >= 11 is 3.38. The van der Waals surface area contributed by atoms with Crippen molar-refractivity contribution in [2.24, 2.45) is 5.92 Å². The monoisotopic (exact) mass is 341 g/mol. The summed E-state index contributed by atoms with van der Waals surface area (Å²) in [6, 6.07) is 5.35. The number of hydrogen-bond acceptors (Lipinski definition) is 3. The highest BCUT2D eigenvalue weighted by molar-refractivity contribution is 9.10. The Bertz CT molecular complexity index is 440. The van der Waals surface area contributed by atoms with Crippen molar-refractivity contribution in [3.63, 3.8) is 0 Å². The van der Waals surface area contributed by atoms with Crippen LogP contribution in [0.25, 0.3) is 0 Å². The van der Waals surface area contributed by atoms with E-state index < -0.39 is 0 Å². The number of anilines is 1. The lowest BCUT2D eigenvalue weighted by molar-refractivity contribution is 0.0724. The number of hydrogen-bond donors (Lipinski definition) is 1. The molecule has 112 valence electrons. The molecule has 5 heteroatoms. The molecule has 0 spiro atoms. The molecule has 0 saturated heterocycles. The van der Waals surface area contributed by atoms with Gasteiger partial charge in [-0.2, -0.15) is 0 Å². The Morgan fingerprint density at radius 3 is 2.40 bits per heavy atom. The van der Waals surface area contributed by atoms with Crippen LogP contribution < -0.4 is 5.73 Å². The summed E-state index contributed by atoms with van der Waals surface area (Å²) in [5, 5.41) is 0. The predicted molar refractivity (Wildman–Crippen MR) is 87.8 cm³/mol. The average Bonchev–Trinajstić information content (AvgIpc) is 2.31. The van der Waals surface area contributed by atoms with Gasteiger partial charge in [0.05, 0.1) is 0 Å². The molecule has 0 fully saturated rings. The topological polar surface area (TPSA) is 49.6 Å². The lowest BCUT2D eigenvalue weighted by Gasteiger charge is -2.26. The number of likely N-dealkylation sites (N-methyl/N-ethyl adjacent to an activating group) is 1. The van der Waals surface area contributed by atoms with Gasteiger partial charge >= 0.3 is 0 Å². The molecular weight excluding hydrogens is 318 g/mol. The number of nitrogens with two attached hydrogens (primary N) is 1. The third-order valence-corrected chi connectivity index (χ3v) is 3.31. The van der Waals surface area contributed by atoms with Crippen molar-refractivity contribution in [1.82, 2.24) is 9.80 Å². The minimum absolute atomic E-state index is 0.0357. The minimum Gasteiger partial charge on any atom is -0.399 e. The second-order valence-corrected chi connectivity index (χ2v) is 6.64. The summed E-state index contributed by atoms with van der Waals surface area (Å²) in [6.45, 7) is 6.55. The second kappa shape index (κ2) is 7.64. The van der Waals surface area contributed by atoms with Crippen LogP contribution in [0, 0.1) is 5.92 Å². The van der Waals surface area contributed by atoms with Gasteiger partial charge in [0, 0.05) is 35.4 Å². The van der Waals surface area contributed by atoms with Gasteiger partial charge in [-0.1, -0.05) is 29.8 Å². The molecule has 2 N–H and O–H groups in total. The number of benzene rings is 1. The number of halogens is 1. The molecule has 0 aliphatic heterocycles. The van der Waals surface area contributed by atoms with Gasteiger partial charge in [-0.25, -0.2) is 0 Å². The zero-order valence-corrected chi connectivity index (χ0v) is 14.3. The van der Waals surface area contributed by atoms with Gasteiger partial charge in [-0.3, -0.25) is 4.79 Å². The first-order valence-corrected chi connectivity index (χ1v) is 7.59. The summed E-state index contributed by atoms with van der Waals surface area (Å²) in [6.07, 6.45) is 0. The van der Waals surface area contributed by atoms with E-state index >= 15 is 0 Å². The minimum atomic E-state index is 0.0357. The van der Waals surface area contributed by atoms with Crippen LogP contribution >= 0.6 is 15.9 Å². The summed E-state index contributed by atoms with van der Waals surface area (Å²) < 4.78 is 0.831. The van der Waals surface area contributed by atoms with Crippen molar-refractivity contribution in [3.8, 4) is 0 Å². The SMILES string of the molecule is CC(C)CN(CCN(C)C)C(=O)c1cc(N)cc(Br)c1. The van der Waals surface area contributed by atoms with Crippen molar-refractivity contribution >= 4 is 27.5 Å². The van der Waals surface area contributed by atoms with Gasteiger partial charge < -0.3 is 15.5 Å². The number of carbonyl (C=O) groups is 1. The van der Waals surface area contributed by atoms with E-state index in [2.05, 4.69) is 34.7 Å². The van der Waals surface area contributed by atoms with Crippen molar-refractivity contribution in [1.29, 1.82) is 0 Å². The van der Waals surface area contributed by atoms with Gasteiger partial charge in [0.2, 0.25) is 0 Å². The Labute approximate surface area is 130 Å². The van der Waals surface area contributed by atoms with E-state index in [-0.39, 0.29) is 5.91 Å². The highest BCUT2D eigenvalue weighted by atomic mass is 79.9. The molecule has 0 bridgehead atoms. The summed E-state index contributed by atoms with van der Waals surface area (Å²) in [5.41, 5.74) is 7.04. The summed E-state index contributed by atoms with van der Waals surface area (Å²) in [4.78, 5) is 16.6. The molecule has 0 aliphatic carbocycles. The molecule has 1 amide bonds. The van der Waals surface area contributed by atoms with E-state index in [0.29, 0.717) is 17.2 Å². The van der Waals surface area contributed by atoms with Crippen molar-refractivity contribution in [3.05, 3.63) is 28.2 Å². The van der Waals surface area contributed by atoms with E-state index in [4.69, 9.17) is 5.73 Å². The van der Waals surface area contributed by atoms with Crippen LogP contribution in [0.4, 0.5) is 5.69 Å². The van der Waals surface area contributed by atoms with Crippen LogP contribution in [0.5, 0.6) is 0 Å². The maximum Gasteiger partial charge on any atom is 0.254 e. The molecule has 1 rings (SSSR count). The highest BCUT2D eigenvalue weighted by Gasteiger charge is 2.17. The number of rotatable bonds is 6. The Hall–Kier alpha value is -1.07. The van der Waals surface area contributed by atoms with E-state index in [1.807, 2.05) is 25.1 Å². The Balaban J connectivity index is 2.90. The fourth-order valence-corrected chi connectivity index (χ4v) is 2.47. The number of nitrogen functional groups attached to an aromatic ring is 1. The van der Waals surface area contributed by atoms with Gasteiger partial charge in [0.25, 0.3) is 5.91 Å². The van der Waals surface area contributed by atoms with Gasteiger partial charge in [0.15, 0.2) is 0 Å². The standard InChI is InChI=1S/C15H24BrN3O/c1-11(2)10-19(6-5-18(3)4)15(20)12-7-13(16)9-14(17)8-12/h7-9,11H,5-6,10,17H2,1-4H3. The third-order valence-electron chi connectivity index (χ3n) is 2.86. The molecule has 0 radical (unpaired) electrons. The third kappa shape index (κ3) is 5.51. The Kier molecular flexibility index (Phi) is 6.49. The molecule has 1 aromatic rings. The molecule has 0 heterocycles. The maximum atomic E-state index is 12.6. The molecule has 1 aromatic carbocycles. The number of carbonyl (C=O) groups excluding carboxylic acids is 1. The lowest BCUT2D eigenvalue weighted by atomic mass is 10.1. The molecule has 0 aliphatic rings. The molecule has 20 heavy (non-hydrogen) atoms. The number of nitrogens with zero attached hydrogens (tertiary/aromatic N) is 2. The van der Waals surface area contributed by atoms with E-state index in [1.54, 1.807) is 12.1 Å². The van der Waals surface area contributed by atoms with Crippen molar-refractivity contribution in [2.45, 2.75) is 13.8 Å². The molecule has 0 atom stereocenters. The quantitative estimate of drug-likeness (QED) is 0.809. The van der Waals surface area contributed by atoms with Crippen LogP contribution in [-0.2, 0) is 0 Å². The van der Waals surface area contributed by atoms with Crippen LogP contribution in [0.2, 0.25) is 0 Å². The Morgan fingerprint density at radius 1 is 1.25 bits per heavy atom. The molecule has 0 saturated carbocycles. The average molecular weight is 342 g/mol. The smallest absolute Gasteiger partial charge is 0.254 e. The van der Waals surface area contributed by atoms with E-state index in [9.17, 15) is 4.79 Å². The molecule has 4 nitrogen and oxygen atoms in total. The Morgan fingerprint density at radius 2 is 1.90 bits per heavy atom. The highest BCUT2D eigenvalue weighted by Crippen LogP contribution is 2.19. The fraction of sp³-hybridized carbons (Fsp3) is 0.533. The molecular formula is C15H24BrN3O. The predicted octanol–water partition coefficient (Wildman–Crippen LogP) is 2.69. The number of amides is 1. The largest absolute Gasteiger partial charge is 0.399 e. The zero-order chi connectivity index (χ0) is 15.3. The maximum absolute atomic E-state index is 12.6. The first-order valence-electron chi connectivity index (χ1n) is 6.79. The van der Waals surface area contributed by atoms with Crippen LogP contribution in [-0.4, -0.2) is 49.4 Å². The molecule has 0 aromatic heterocycles. The van der Waals surface area contributed by atoms with Crippen LogP contribution in [0.1, 0.15) is 24.2 Å². The fourth-order valence-electron chi connectivity index (χ4n) is 1.96. The normalized spacial score (nSPS) is 11.2. The first-order chi connectivity index (χ1) is 9.29. The lowest BCUT2D eigenvalue weighted by Crippen LogP contribution is -2.39. The van der Waals surface area contributed by atoms with Crippen molar-refractivity contribution < 1.29 is 4.79 Å². The second-order valence-electron chi connectivity index (χ2n) is 5.72. The van der Waals surface area contributed by atoms with E-state index in [1.165, 1.54) is 0 Å². The summed E-state index contributed by atoms with van der Waals surface area (Å²) in [5.74, 6) is 0.471. The summed E-state index contributed by atoms with van der Waals surface area (Å²) in [7, 11) is 4.02. The van der Waals surface area contributed by atoms with Gasteiger partial charge in [-0.05, 0) is 38.2 Å². The first kappa shape index (κ1) is 17.0. The van der Waals surface area contributed by atoms with Crippen molar-refractivity contribution in [2.75, 3.05) is 39.5 Å².